The molecule has 0 heterocycles. The number of hydrogen-bond donors (Lipinski definition) is 0. The number of isocyanates is 1. The normalized spacial score (nSPS) is 9.40. The Labute approximate surface area is 94.5 Å². The summed E-state index contributed by atoms with van der Waals surface area (Å²) in [6.45, 7) is 2.52. The van der Waals surface area contributed by atoms with Crippen LogP contribution in [-0.4, -0.2) is 36.7 Å². The first-order valence-corrected chi connectivity index (χ1v) is 6.23. The molecule has 0 aromatic carbocycles. The molecule has 0 rings (SSSR count). The highest BCUT2D eigenvalue weighted by atomic mass is 32.2. The molecule has 0 amide bonds. The van der Waals surface area contributed by atoms with Crippen molar-refractivity contribution in [3.8, 4) is 0 Å². The van der Waals surface area contributed by atoms with Gasteiger partial charge >= 0.3 is 5.97 Å². The highest BCUT2D eigenvalue weighted by molar-refractivity contribution is 7.99. The molecule has 0 fully saturated rings. The van der Waals surface area contributed by atoms with Gasteiger partial charge in [0.15, 0.2) is 0 Å². The topological polar surface area (TPSA) is 55.7 Å². The van der Waals surface area contributed by atoms with Crippen LogP contribution >= 0.6 is 11.8 Å². The summed E-state index contributed by atoms with van der Waals surface area (Å²) in [5.74, 6) is 1.68. The zero-order valence-corrected chi connectivity index (χ0v) is 9.85. The maximum Gasteiger partial charge on any atom is 0.306 e. The molecule has 0 aliphatic carbocycles. The van der Waals surface area contributed by atoms with Crippen molar-refractivity contribution in [3.63, 3.8) is 0 Å². The van der Waals surface area contributed by atoms with Gasteiger partial charge in [0, 0.05) is 5.75 Å². The number of rotatable bonds is 9. The molecular formula is C10H17NO3S. The summed E-state index contributed by atoms with van der Waals surface area (Å²) in [5, 5.41) is 0. The second-order valence-corrected chi connectivity index (χ2v) is 4.13. The molecule has 0 saturated heterocycles. The molecule has 0 aromatic rings. The van der Waals surface area contributed by atoms with Crippen molar-refractivity contribution in [2.45, 2.75) is 26.2 Å². The van der Waals surface area contributed by atoms with Gasteiger partial charge in [-0.15, -0.1) is 0 Å². The molecule has 0 radical (unpaired) electrons. The van der Waals surface area contributed by atoms with E-state index in [4.69, 9.17) is 4.74 Å². The summed E-state index contributed by atoms with van der Waals surface area (Å²) in [6, 6.07) is 0. The molecule has 0 N–H and O–H groups in total. The largest absolute Gasteiger partial charge is 0.464 e. The standard InChI is InChI=1S/C10H17NO3S/c1-2-3-7-15-8-4-10(13)14-6-5-11-9-12/h2-8H2,1H3. The van der Waals surface area contributed by atoms with E-state index in [9.17, 15) is 9.59 Å². The van der Waals surface area contributed by atoms with Crippen molar-refractivity contribution >= 4 is 23.8 Å². The van der Waals surface area contributed by atoms with Gasteiger partial charge in [-0.25, -0.2) is 9.79 Å². The van der Waals surface area contributed by atoms with E-state index in [1.54, 1.807) is 11.8 Å². The van der Waals surface area contributed by atoms with Gasteiger partial charge in [-0.2, -0.15) is 11.8 Å². The number of unbranched alkanes of at least 4 members (excludes halogenated alkanes) is 1. The average Bonchev–Trinajstić information content (AvgIpc) is 2.24. The fraction of sp³-hybridized carbons (Fsp3) is 0.800. The Balaban J connectivity index is 3.22. The summed E-state index contributed by atoms with van der Waals surface area (Å²) >= 11 is 1.76. The minimum atomic E-state index is -0.222. The zero-order chi connectivity index (χ0) is 11.4. The predicted molar refractivity (Wildman–Crippen MR) is 60.8 cm³/mol. The lowest BCUT2D eigenvalue weighted by molar-refractivity contribution is -0.142. The third kappa shape index (κ3) is 11.1. The molecular weight excluding hydrogens is 214 g/mol. The van der Waals surface area contributed by atoms with Crippen molar-refractivity contribution in [1.29, 1.82) is 0 Å². The van der Waals surface area contributed by atoms with Crippen molar-refractivity contribution in [1.82, 2.24) is 0 Å². The molecule has 0 saturated carbocycles. The lowest BCUT2D eigenvalue weighted by Gasteiger charge is -2.02. The summed E-state index contributed by atoms with van der Waals surface area (Å²) in [4.78, 5) is 24.0. The Morgan fingerprint density at radius 3 is 2.93 bits per heavy atom. The summed E-state index contributed by atoms with van der Waals surface area (Å²) < 4.78 is 4.83. The van der Waals surface area contributed by atoms with E-state index in [2.05, 4.69) is 11.9 Å². The molecule has 0 unspecified atom stereocenters. The van der Waals surface area contributed by atoms with Crippen LogP contribution in [0.15, 0.2) is 4.99 Å². The van der Waals surface area contributed by atoms with Gasteiger partial charge in [0.25, 0.3) is 0 Å². The van der Waals surface area contributed by atoms with Crippen LogP contribution in [0, 0.1) is 0 Å². The first kappa shape index (κ1) is 14.2. The van der Waals surface area contributed by atoms with Crippen LogP contribution in [0.1, 0.15) is 26.2 Å². The lowest BCUT2D eigenvalue weighted by Crippen LogP contribution is -2.08. The summed E-state index contributed by atoms with van der Waals surface area (Å²) in [6.07, 6.45) is 4.19. The highest BCUT2D eigenvalue weighted by Gasteiger charge is 2.01. The van der Waals surface area contributed by atoms with Gasteiger partial charge in [-0.05, 0) is 12.2 Å². The molecule has 15 heavy (non-hydrogen) atoms. The number of esters is 1. The minimum absolute atomic E-state index is 0.174. The molecule has 0 aliphatic rings. The Kier molecular flexibility index (Phi) is 10.7. The Bertz CT molecular complexity index is 215. The third-order valence-electron chi connectivity index (χ3n) is 1.62. The maximum absolute atomic E-state index is 11.1. The fourth-order valence-electron chi connectivity index (χ4n) is 0.827. The first-order valence-electron chi connectivity index (χ1n) is 5.08. The molecule has 0 atom stereocenters. The number of thioether (sulfide) groups is 1. The van der Waals surface area contributed by atoms with Crippen molar-refractivity contribution < 1.29 is 14.3 Å². The van der Waals surface area contributed by atoms with Gasteiger partial charge in [0.1, 0.15) is 6.61 Å². The van der Waals surface area contributed by atoms with Crippen LogP contribution < -0.4 is 0 Å². The molecule has 0 bridgehead atoms. The number of carbonyl (C=O) groups is 1. The van der Waals surface area contributed by atoms with Gasteiger partial charge in [0.2, 0.25) is 6.08 Å². The van der Waals surface area contributed by atoms with Crippen LogP contribution in [0.4, 0.5) is 0 Å². The van der Waals surface area contributed by atoms with Gasteiger partial charge < -0.3 is 4.74 Å². The van der Waals surface area contributed by atoms with Crippen LogP contribution in [0.3, 0.4) is 0 Å². The molecule has 4 nitrogen and oxygen atoms in total. The van der Waals surface area contributed by atoms with Gasteiger partial charge in [-0.3, -0.25) is 4.79 Å². The molecule has 5 heteroatoms. The SMILES string of the molecule is CCCCSCCC(=O)OCCN=C=O. The minimum Gasteiger partial charge on any atom is -0.464 e. The van der Waals surface area contributed by atoms with Crippen LogP contribution in [0.25, 0.3) is 0 Å². The van der Waals surface area contributed by atoms with Crippen LogP contribution in [0.2, 0.25) is 0 Å². The van der Waals surface area contributed by atoms with Crippen molar-refractivity contribution in [2.24, 2.45) is 4.99 Å². The molecule has 0 spiro atoms. The van der Waals surface area contributed by atoms with E-state index in [0.29, 0.717) is 6.42 Å². The number of aliphatic imine (C=N–C) groups is 1. The summed E-state index contributed by atoms with van der Waals surface area (Å²) in [7, 11) is 0. The van der Waals surface area contributed by atoms with E-state index in [1.807, 2.05) is 0 Å². The number of hydrogen-bond acceptors (Lipinski definition) is 5. The van der Waals surface area contributed by atoms with E-state index < -0.39 is 0 Å². The van der Waals surface area contributed by atoms with Gasteiger partial charge in [-0.1, -0.05) is 13.3 Å². The molecule has 0 aromatic heterocycles. The number of nitrogens with zero attached hydrogens (tertiary/aromatic N) is 1. The van der Waals surface area contributed by atoms with Gasteiger partial charge in [0.05, 0.1) is 13.0 Å². The predicted octanol–water partition coefficient (Wildman–Crippen LogP) is 1.79. The van der Waals surface area contributed by atoms with E-state index >= 15 is 0 Å². The number of ether oxygens (including phenoxy) is 1. The second-order valence-electron chi connectivity index (χ2n) is 2.91. The number of carbonyl (C=O) groups excluding carboxylic acids is 2. The van der Waals surface area contributed by atoms with E-state index in [-0.39, 0.29) is 19.1 Å². The molecule has 86 valence electrons. The van der Waals surface area contributed by atoms with Crippen LogP contribution in [-0.2, 0) is 14.3 Å². The Hall–Kier alpha value is -0.800. The molecule has 0 aliphatic heterocycles. The summed E-state index contributed by atoms with van der Waals surface area (Å²) in [5.41, 5.74) is 0. The fourth-order valence-corrected chi connectivity index (χ4v) is 1.83. The monoisotopic (exact) mass is 231 g/mol. The van der Waals surface area contributed by atoms with E-state index in [1.165, 1.54) is 18.9 Å². The lowest BCUT2D eigenvalue weighted by atomic mass is 10.4. The van der Waals surface area contributed by atoms with Crippen LogP contribution in [0.5, 0.6) is 0 Å². The second kappa shape index (κ2) is 11.3. The first-order chi connectivity index (χ1) is 7.31. The maximum atomic E-state index is 11.1. The Morgan fingerprint density at radius 1 is 1.47 bits per heavy atom. The van der Waals surface area contributed by atoms with Crippen molar-refractivity contribution in [2.75, 3.05) is 24.7 Å². The zero-order valence-electron chi connectivity index (χ0n) is 9.03. The van der Waals surface area contributed by atoms with Crippen molar-refractivity contribution in [3.05, 3.63) is 0 Å². The average molecular weight is 231 g/mol. The Morgan fingerprint density at radius 2 is 2.27 bits per heavy atom. The highest BCUT2D eigenvalue weighted by Crippen LogP contribution is 2.06. The smallest absolute Gasteiger partial charge is 0.306 e. The van der Waals surface area contributed by atoms with E-state index in [0.717, 1.165) is 11.5 Å². The third-order valence-corrected chi connectivity index (χ3v) is 2.69. The quantitative estimate of drug-likeness (QED) is 0.263.